The van der Waals surface area contributed by atoms with E-state index in [0.717, 1.165) is 0 Å². The quantitative estimate of drug-likeness (QED) is 0.319. The molecule has 1 N–H and O–H groups in total. The van der Waals surface area contributed by atoms with Gasteiger partial charge in [0.05, 0.1) is 13.2 Å². The second kappa shape index (κ2) is 5.94. The number of carbonyl (C=O) groups is 1. The summed E-state index contributed by atoms with van der Waals surface area (Å²) in [7, 11) is 0. The van der Waals surface area contributed by atoms with Gasteiger partial charge in [-0.2, -0.15) is 0 Å². The Kier molecular flexibility index (Phi) is 5.23. The summed E-state index contributed by atoms with van der Waals surface area (Å²) < 4.78 is 4.52. The third-order valence-corrected chi connectivity index (χ3v) is 0.638. The maximum Gasteiger partial charge on any atom is 0.329 e. The van der Waals surface area contributed by atoms with E-state index < -0.39 is 5.97 Å². The Morgan fingerprint density at radius 1 is 1.70 bits per heavy atom. The van der Waals surface area contributed by atoms with Crippen LogP contribution >= 0.6 is 0 Å². The molecule has 5 nitrogen and oxygen atoms in total. The van der Waals surface area contributed by atoms with Crippen molar-refractivity contribution in [2.75, 3.05) is 19.8 Å². The Hall–Kier alpha value is -1.19. The highest BCUT2D eigenvalue weighted by molar-refractivity contribution is 5.67. The zero-order chi connectivity index (χ0) is 7.82. The summed E-state index contributed by atoms with van der Waals surface area (Å²) in [5.74, 6) is -1.03. The van der Waals surface area contributed by atoms with E-state index in [9.17, 15) is 9.59 Å². The van der Waals surface area contributed by atoms with Crippen molar-refractivity contribution in [2.24, 2.45) is 4.99 Å². The predicted octanol–water partition coefficient (Wildman–Crippen LogP) is -0.577. The summed E-state index contributed by atoms with van der Waals surface area (Å²) in [5, 5.41) is 8.04. The van der Waals surface area contributed by atoms with Crippen molar-refractivity contribution in [1.29, 1.82) is 0 Å². The lowest BCUT2D eigenvalue weighted by molar-refractivity contribution is -0.142. The van der Waals surface area contributed by atoms with Crippen molar-refractivity contribution >= 4 is 12.0 Å². The minimum atomic E-state index is -1.03. The molecule has 0 aromatic carbocycles. The Labute approximate surface area is 57.3 Å². The maximum absolute atomic E-state index is 9.80. The number of hydrogen-bond donors (Lipinski definition) is 1. The molecule has 0 aromatic rings. The van der Waals surface area contributed by atoms with Gasteiger partial charge in [-0.25, -0.2) is 14.6 Å². The number of hydrogen-bond acceptors (Lipinski definition) is 4. The van der Waals surface area contributed by atoms with Crippen molar-refractivity contribution in [2.45, 2.75) is 0 Å². The minimum absolute atomic E-state index is 0.140. The largest absolute Gasteiger partial charge is 0.480 e. The summed E-state index contributed by atoms with van der Waals surface area (Å²) >= 11 is 0. The van der Waals surface area contributed by atoms with Crippen molar-refractivity contribution in [3.63, 3.8) is 0 Å². The van der Waals surface area contributed by atoms with Crippen LogP contribution in [0.5, 0.6) is 0 Å². The number of isocyanates is 1. The van der Waals surface area contributed by atoms with Gasteiger partial charge >= 0.3 is 5.97 Å². The number of carboxylic acids is 1. The van der Waals surface area contributed by atoms with Crippen molar-refractivity contribution < 1.29 is 19.4 Å². The van der Waals surface area contributed by atoms with Crippen molar-refractivity contribution in [1.82, 2.24) is 0 Å². The van der Waals surface area contributed by atoms with E-state index in [4.69, 9.17) is 5.11 Å². The van der Waals surface area contributed by atoms with E-state index in [1.165, 1.54) is 6.08 Å². The fraction of sp³-hybridized carbons (Fsp3) is 0.600. The van der Waals surface area contributed by atoms with E-state index in [1.54, 1.807) is 0 Å². The maximum atomic E-state index is 9.80. The van der Waals surface area contributed by atoms with Gasteiger partial charge in [0.15, 0.2) is 0 Å². The van der Waals surface area contributed by atoms with E-state index >= 15 is 0 Å². The molecule has 0 spiro atoms. The van der Waals surface area contributed by atoms with Crippen LogP contribution in [0.4, 0.5) is 0 Å². The van der Waals surface area contributed by atoms with Crippen LogP contribution in [0.25, 0.3) is 0 Å². The molecule has 0 bridgehead atoms. The van der Waals surface area contributed by atoms with Crippen LogP contribution in [0, 0.1) is 0 Å². The van der Waals surface area contributed by atoms with Gasteiger partial charge in [-0.3, -0.25) is 0 Å². The molecule has 0 radical (unpaired) electrons. The molecule has 0 amide bonds. The Bertz CT molecular complexity index is 146. The lowest BCUT2D eigenvalue weighted by Gasteiger charge is -1.94. The monoisotopic (exact) mass is 145 g/mol. The normalized spacial score (nSPS) is 8.40. The first kappa shape index (κ1) is 8.81. The lowest BCUT2D eigenvalue weighted by atomic mass is 10.7. The van der Waals surface area contributed by atoms with Gasteiger partial charge < -0.3 is 9.84 Å². The fourth-order valence-electron chi connectivity index (χ4n) is 0.315. The molecule has 0 unspecified atom stereocenters. The van der Waals surface area contributed by atoms with Crippen LogP contribution < -0.4 is 0 Å². The van der Waals surface area contributed by atoms with Crippen molar-refractivity contribution in [3.05, 3.63) is 0 Å². The zero-order valence-corrected chi connectivity index (χ0v) is 5.24. The Morgan fingerprint density at radius 3 is 2.90 bits per heavy atom. The molecule has 0 aliphatic carbocycles. The molecule has 56 valence electrons. The number of nitrogens with zero attached hydrogens (tertiary/aromatic N) is 1. The first-order valence-electron chi connectivity index (χ1n) is 2.60. The first-order valence-corrected chi connectivity index (χ1v) is 2.60. The lowest BCUT2D eigenvalue weighted by Crippen LogP contribution is -2.08. The average Bonchev–Trinajstić information content (AvgIpc) is 1.87. The third-order valence-electron chi connectivity index (χ3n) is 0.638. The number of rotatable bonds is 5. The standard InChI is InChI=1S/C5H7NO4/c7-4-6-1-2-10-3-5(8)9/h1-3H2,(H,8,9). The summed E-state index contributed by atoms with van der Waals surface area (Å²) in [6.45, 7) is -0.0489. The van der Waals surface area contributed by atoms with E-state index in [0.29, 0.717) is 0 Å². The molecule has 5 heteroatoms. The molecule has 0 aliphatic rings. The second-order valence-corrected chi connectivity index (χ2v) is 1.42. The number of aliphatic carboxylic acids is 1. The van der Waals surface area contributed by atoms with Crippen LogP contribution in [0.2, 0.25) is 0 Å². The SMILES string of the molecule is O=C=NCCOCC(=O)O. The zero-order valence-electron chi connectivity index (χ0n) is 5.24. The van der Waals surface area contributed by atoms with Gasteiger partial charge in [0.25, 0.3) is 0 Å². The topological polar surface area (TPSA) is 76.0 Å². The molecule has 0 atom stereocenters. The highest BCUT2D eigenvalue weighted by Crippen LogP contribution is 1.74. The third kappa shape index (κ3) is 6.81. The highest BCUT2D eigenvalue weighted by atomic mass is 16.5. The van der Waals surface area contributed by atoms with Crippen LogP contribution in [0.3, 0.4) is 0 Å². The summed E-state index contributed by atoms with van der Waals surface area (Å²) in [6.07, 6.45) is 1.30. The van der Waals surface area contributed by atoms with Crippen LogP contribution in [0.15, 0.2) is 4.99 Å². The molecule has 10 heavy (non-hydrogen) atoms. The Morgan fingerprint density at radius 2 is 2.40 bits per heavy atom. The smallest absolute Gasteiger partial charge is 0.329 e. The molecule has 0 aliphatic heterocycles. The van der Waals surface area contributed by atoms with E-state index in [1.807, 2.05) is 0 Å². The minimum Gasteiger partial charge on any atom is -0.480 e. The van der Waals surface area contributed by atoms with Crippen LogP contribution in [-0.2, 0) is 14.3 Å². The number of carbonyl (C=O) groups excluding carboxylic acids is 1. The summed E-state index contributed by atoms with van der Waals surface area (Å²) in [5.41, 5.74) is 0. The van der Waals surface area contributed by atoms with Crippen LogP contribution in [0.1, 0.15) is 0 Å². The molecule has 0 fully saturated rings. The summed E-state index contributed by atoms with van der Waals surface area (Å²) in [4.78, 5) is 22.4. The Balaban J connectivity index is 3.05. The van der Waals surface area contributed by atoms with Crippen LogP contribution in [-0.4, -0.2) is 36.9 Å². The molecule has 0 saturated carbocycles. The van der Waals surface area contributed by atoms with Gasteiger partial charge in [-0.15, -0.1) is 0 Å². The van der Waals surface area contributed by atoms with E-state index in [2.05, 4.69) is 9.73 Å². The molecular formula is C5H7NO4. The molecular weight excluding hydrogens is 138 g/mol. The molecule has 0 aromatic heterocycles. The number of carboxylic acid groups (broad SMARTS) is 1. The number of ether oxygens (including phenoxy) is 1. The van der Waals surface area contributed by atoms with Gasteiger partial charge in [-0.05, 0) is 0 Å². The molecule has 0 heterocycles. The van der Waals surface area contributed by atoms with Crippen molar-refractivity contribution in [3.8, 4) is 0 Å². The predicted molar refractivity (Wildman–Crippen MR) is 31.4 cm³/mol. The molecule has 0 rings (SSSR count). The highest BCUT2D eigenvalue weighted by Gasteiger charge is 1.93. The average molecular weight is 145 g/mol. The van der Waals surface area contributed by atoms with Gasteiger partial charge in [0.1, 0.15) is 6.61 Å². The second-order valence-electron chi connectivity index (χ2n) is 1.42. The van der Waals surface area contributed by atoms with Gasteiger partial charge in [0.2, 0.25) is 6.08 Å². The first-order chi connectivity index (χ1) is 4.77. The number of aliphatic imine (C=N–C) groups is 1. The molecule has 0 saturated heterocycles. The fourth-order valence-corrected chi connectivity index (χ4v) is 0.315. The summed E-state index contributed by atoms with van der Waals surface area (Å²) in [6, 6.07) is 0. The van der Waals surface area contributed by atoms with E-state index in [-0.39, 0.29) is 19.8 Å². The van der Waals surface area contributed by atoms with Gasteiger partial charge in [0, 0.05) is 0 Å². The van der Waals surface area contributed by atoms with Gasteiger partial charge in [-0.1, -0.05) is 0 Å².